The number of anilines is 1. The molecule has 0 aliphatic carbocycles. The van der Waals surface area contributed by atoms with Crippen LogP contribution in [0.15, 0.2) is 47.1 Å². The first kappa shape index (κ1) is 16.0. The summed E-state index contributed by atoms with van der Waals surface area (Å²) in [7, 11) is 1.49. The molecule has 0 atom stereocenters. The molecule has 1 aromatic carbocycles. The highest BCUT2D eigenvalue weighted by Gasteiger charge is 2.16. The molecule has 0 unspecified atom stereocenters. The zero-order chi connectivity index (χ0) is 17.1. The van der Waals surface area contributed by atoms with Crippen molar-refractivity contribution in [1.29, 1.82) is 0 Å². The normalized spacial score (nSPS) is 10.5. The Morgan fingerprint density at radius 2 is 2.12 bits per heavy atom. The number of methoxy groups -OCH3 is 1. The van der Waals surface area contributed by atoms with Gasteiger partial charge in [0.1, 0.15) is 11.4 Å². The van der Waals surface area contributed by atoms with Gasteiger partial charge in [-0.25, -0.2) is 4.98 Å². The third kappa shape index (κ3) is 3.38. The SMILES string of the molecule is COc1ncc(C)cc1NC(=O)c1cc(-c2cccc(Cl)c2)no1. The monoisotopic (exact) mass is 343 g/mol. The Hall–Kier alpha value is -2.86. The van der Waals surface area contributed by atoms with Crippen LogP contribution in [0.5, 0.6) is 5.88 Å². The van der Waals surface area contributed by atoms with Gasteiger partial charge in [0.05, 0.1) is 7.11 Å². The largest absolute Gasteiger partial charge is 0.480 e. The van der Waals surface area contributed by atoms with Gasteiger partial charge in [-0.3, -0.25) is 4.79 Å². The molecule has 24 heavy (non-hydrogen) atoms. The molecule has 6 nitrogen and oxygen atoms in total. The molecular weight excluding hydrogens is 330 g/mol. The van der Waals surface area contributed by atoms with Crippen LogP contribution < -0.4 is 10.1 Å². The molecule has 2 aromatic heterocycles. The van der Waals surface area contributed by atoms with Gasteiger partial charge in [-0.2, -0.15) is 0 Å². The molecule has 0 aliphatic heterocycles. The summed E-state index contributed by atoms with van der Waals surface area (Å²) in [5.74, 6) is -0.0430. The van der Waals surface area contributed by atoms with Crippen LogP contribution in [-0.4, -0.2) is 23.2 Å². The molecular formula is C17H14ClN3O3. The lowest BCUT2D eigenvalue weighted by molar-refractivity contribution is 0.0987. The number of rotatable bonds is 4. The van der Waals surface area contributed by atoms with Crippen LogP contribution in [0.4, 0.5) is 5.69 Å². The summed E-state index contributed by atoms with van der Waals surface area (Å²) in [5, 5.41) is 7.20. The summed E-state index contributed by atoms with van der Waals surface area (Å²) < 4.78 is 10.3. The van der Waals surface area contributed by atoms with E-state index in [0.29, 0.717) is 22.3 Å². The minimum absolute atomic E-state index is 0.0773. The van der Waals surface area contributed by atoms with Crippen molar-refractivity contribution >= 4 is 23.2 Å². The molecule has 0 radical (unpaired) electrons. The molecule has 0 saturated carbocycles. The summed E-state index contributed by atoms with van der Waals surface area (Å²) in [6.07, 6.45) is 1.65. The van der Waals surface area contributed by atoms with E-state index in [9.17, 15) is 4.79 Å². The Balaban J connectivity index is 1.83. The lowest BCUT2D eigenvalue weighted by Gasteiger charge is -2.08. The Bertz CT molecular complexity index is 892. The van der Waals surface area contributed by atoms with Gasteiger partial charge in [0.15, 0.2) is 0 Å². The summed E-state index contributed by atoms with van der Waals surface area (Å²) in [6.45, 7) is 1.87. The molecule has 122 valence electrons. The van der Waals surface area contributed by atoms with Gasteiger partial charge < -0.3 is 14.6 Å². The third-order valence-corrected chi connectivity index (χ3v) is 3.52. The number of nitrogens with zero attached hydrogens (tertiary/aromatic N) is 2. The number of pyridine rings is 1. The highest BCUT2D eigenvalue weighted by atomic mass is 35.5. The van der Waals surface area contributed by atoms with E-state index in [2.05, 4.69) is 15.5 Å². The minimum atomic E-state index is -0.443. The van der Waals surface area contributed by atoms with Crippen molar-refractivity contribution in [1.82, 2.24) is 10.1 Å². The fraction of sp³-hybridized carbons (Fsp3) is 0.118. The van der Waals surface area contributed by atoms with Crippen molar-refractivity contribution in [2.75, 3.05) is 12.4 Å². The number of aromatic nitrogens is 2. The number of amides is 1. The van der Waals surface area contributed by atoms with E-state index in [0.717, 1.165) is 11.1 Å². The van der Waals surface area contributed by atoms with Gasteiger partial charge in [-0.1, -0.05) is 28.9 Å². The molecule has 1 amide bonds. The molecule has 1 N–H and O–H groups in total. The number of carbonyl (C=O) groups excluding carboxylic acids is 1. The van der Waals surface area contributed by atoms with Gasteiger partial charge in [0.25, 0.3) is 5.91 Å². The molecule has 0 fully saturated rings. The van der Waals surface area contributed by atoms with Crippen LogP contribution in [0.2, 0.25) is 5.02 Å². The number of halogens is 1. The predicted molar refractivity (Wildman–Crippen MR) is 90.4 cm³/mol. The summed E-state index contributed by atoms with van der Waals surface area (Å²) in [5.41, 5.74) is 2.64. The van der Waals surface area contributed by atoms with E-state index in [-0.39, 0.29) is 5.76 Å². The minimum Gasteiger partial charge on any atom is -0.480 e. The molecule has 0 spiro atoms. The van der Waals surface area contributed by atoms with Gasteiger partial charge in [-0.15, -0.1) is 0 Å². The summed E-state index contributed by atoms with van der Waals surface area (Å²) in [6, 6.07) is 10.5. The first-order valence-electron chi connectivity index (χ1n) is 7.11. The van der Waals surface area contributed by atoms with E-state index < -0.39 is 5.91 Å². The first-order valence-corrected chi connectivity index (χ1v) is 7.49. The number of aryl methyl sites for hydroxylation is 1. The second-order valence-corrected chi connectivity index (χ2v) is 5.55. The lowest BCUT2D eigenvalue weighted by atomic mass is 10.1. The van der Waals surface area contributed by atoms with Crippen molar-refractivity contribution in [3.8, 4) is 17.1 Å². The predicted octanol–water partition coefficient (Wildman–Crippen LogP) is 3.96. The van der Waals surface area contributed by atoms with Gasteiger partial charge in [-0.05, 0) is 30.7 Å². The van der Waals surface area contributed by atoms with Crippen LogP contribution in [0.1, 0.15) is 16.1 Å². The number of ether oxygens (including phenoxy) is 1. The molecule has 3 aromatic rings. The maximum Gasteiger partial charge on any atom is 0.294 e. The average Bonchev–Trinajstić information content (AvgIpc) is 3.05. The molecule has 0 bridgehead atoms. The summed E-state index contributed by atoms with van der Waals surface area (Å²) >= 11 is 5.96. The second-order valence-electron chi connectivity index (χ2n) is 5.11. The van der Waals surface area contributed by atoms with Crippen LogP contribution >= 0.6 is 11.6 Å². The number of hydrogen-bond acceptors (Lipinski definition) is 5. The van der Waals surface area contributed by atoms with Crippen molar-refractivity contribution in [3.63, 3.8) is 0 Å². The molecule has 2 heterocycles. The third-order valence-electron chi connectivity index (χ3n) is 3.28. The summed E-state index contributed by atoms with van der Waals surface area (Å²) in [4.78, 5) is 16.5. The van der Waals surface area contributed by atoms with Gasteiger partial charge >= 0.3 is 0 Å². The molecule has 7 heteroatoms. The van der Waals surface area contributed by atoms with Crippen molar-refractivity contribution in [2.24, 2.45) is 0 Å². The van der Waals surface area contributed by atoms with E-state index >= 15 is 0 Å². The maximum atomic E-state index is 12.4. The van der Waals surface area contributed by atoms with Crippen molar-refractivity contribution in [3.05, 3.63) is 58.9 Å². The van der Waals surface area contributed by atoms with Crippen LogP contribution in [0.25, 0.3) is 11.3 Å². The van der Waals surface area contributed by atoms with Crippen LogP contribution in [-0.2, 0) is 0 Å². The number of carbonyl (C=O) groups is 1. The highest BCUT2D eigenvalue weighted by Crippen LogP contribution is 2.25. The zero-order valence-electron chi connectivity index (χ0n) is 13.0. The Morgan fingerprint density at radius 3 is 2.88 bits per heavy atom. The number of nitrogens with one attached hydrogen (secondary N) is 1. The first-order chi connectivity index (χ1) is 11.6. The fourth-order valence-electron chi connectivity index (χ4n) is 2.16. The second kappa shape index (κ2) is 6.72. The topological polar surface area (TPSA) is 77.2 Å². The number of hydrogen-bond donors (Lipinski definition) is 1. The fourth-order valence-corrected chi connectivity index (χ4v) is 2.35. The van der Waals surface area contributed by atoms with Crippen molar-refractivity contribution < 1.29 is 14.1 Å². The van der Waals surface area contributed by atoms with Crippen LogP contribution in [0.3, 0.4) is 0 Å². The molecule has 0 aliphatic rings. The zero-order valence-corrected chi connectivity index (χ0v) is 13.8. The molecule has 3 rings (SSSR count). The van der Waals surface area contributed by atoms with E-state index in [1.807, 2.05) is 13.0 Å². The highest BCUT2D eigenvalue weighted by molar-refractivity contribution is 6.30. The molecule has 0 saturated heterocycles. The quantitative estimate of drug-likeness (QED) is 0.775. The van der Waals surface area contributed by atoms with Gasteiger partial charge in [0.2, 0.25) is 11.6 Å². The van der Waals surface area contributed by atoms with Gasteiger partial charge in [0, 0.05) is 22.8 Å². The van der Waals surface area contributed by atoms with E-state index in [1.165, 1.54) is 7.11 Å². The van der Waals surface area contributed by atoms with Crippen LogP contribution in [0, 0.1) is 6.92 Å². The van der Waals surface area contributed by atoms with E-state index in [1.54, 1.807) is 36.5 Å². The number of benzene rings is 1. The Kier molecular flexibility index (Phi) is 4.48. The lowest BCUT2D eigenvalue weighted by Crippen LogP contribution is -2.12. The average molecular weight is 344 g/mol. The smallest absolute Gasteiger partial charge is 0.294 e. The van der Waals surface area contributed by atoms with Crippen molar-refractivity contribution in [2.45, 2.75) is 6.92 Å². The standard InChI is InChI=1S/C17H14ClN3O3/c1-10-6-14(17(23-2)19-9-10)20-16(22)15-8-13(21-24-15)11-4-3-5-12(18)7-11/h3-9H,1-2H3,(H,20,22). The Morgan fingerprint density at radius 1 is 1.29 bits per heavy atom. The maximum absolute atomic E-state index is 12.4. The van der Waals surface area contributed by atoms with E-state index in [4.69, 9.17) is 20.9 Å². The Labute approximate surface area is 143 Å².